The first kappa shape index (κ1) is 21.2. The van der Waals surface area contributed by atoms with E-state index in [-0.39, 0.29) is 17.4 Å². The largest absolute Gasteiger partial charge is 0.493 e. The summed E-state index contributed by atoms with van der Waals surface area (Å²) in [6.45, 7) is 6.00. The van der Waals surface area contributed by atoms with Crippen LogP contribution in [0.25, 0.3) is 0 Å². The third-order valence-electron chi connectivity index (χ3n) is 5.55. The van der Waals surface area contributed by atoms with E-state index in [1.54, 1.807) is 7.11 Å². The van der Waals surface area contributed by atoms with Crippen LogP contribution in [-0.2, 0) is 16.0 Å². The van der Waals surface area contributed by atoms with E-state index in [1.807, 2.05) is 40.6 Å². The van der Waals surface area contributed by atoms with Crippen molar-refractivity contribution in [2.45, 2.75) is 32.4 Å². The second-order valence-electron chi connectivity index (χ2n) is 8.38. The van der Waals surface area contributed by atoms with Gasteiger partial charge in [-0.1, -0.05) is 19.1 Å². The number of ether oxygens (including phenoxy) is 4. The molecule has 3 heterocycles. The lowest BCUT2D eigenvalue weighted by Gasteiger charge is -2.37. The quantitative estimate of drug-likeness (QED) is 0.601. The lowest BCUT2D eigenvalue weighted by Crippen LogP contribution is -2.44. The van der Waals surface area contributed by atoms with Gasteiger partial charge in [0.25, 0.3) is 5.91 Å². The fraction of sp³-hybridized carbons (Fsp3) is 0.522. The summed E-state index contributed by atoms with van der Waals surface area (Å²) in [4.78, 5) is 15.8. The summed E-state index contributed by atoms with van der Waals surface area (Å²) in [5.41, 5.74) is 1.05. The molecule has 0 aliphatic carbocycles. The summed E-state index contributed by atoms with van der Waals surface area (Å²) in [6.07, 6.45) is 2.14. The topological polar surface area (TPSA) is 57.2 Å². The van der Waals surface area contributed by atoms with Crippen LogP contribution in [0.2, 0.25) is 0 Å². The Labute approximate surface area is 181 Å². The van der Waals surface area contributed by atoms with Gasteiger partial charge in [-0.2, -0.15) is 0 Å². The molecule has 0 bridgehead atoms. The maximum absolute atomic E-state index is 13.1. The van der Waals surface area contributed by atoms with Gasteiger partial charge in [-0.25, -0.2) is 0 Å². The van der Waals surface area contributed by atoms with Crippen LogP contribution in [0.3, 0.4) is 0 Å². The Morgan fingerprint density at radius 2 is 2.17 bits per heavy atom. The van der Waals surface area contributed by atoms with Crippen molar-refractivity contribution < 1.29 is 23.7 Å². The number of carbonyl (C=O) groups excluding carboxylic acids is 1. The molecule has 2 saturated heterocycles. The number of amides is 1. The fourth-order valence-corrected chi connectivity index (χ4v) is 4.44. The predicted octanol–water partition coefficient (Wildman–Crippen LogP) is 3.99. The second-order valence-corrected chi connectivity index (χ2v) is 9.32. The van der Waals surface area contributed by atoms with Crippen LogP contribution < -0.4 is 9.47 Å². The van der Waals surface area contributed by atoms with E-state index in [0.717, 1.165) is 29.9 Å². The normalized spacial score (nSPS) is 19.9. The molecule has 0 N–H and O–H groups in total. The average molecular weight is 432 g/mol. The summed E-state index contributed by atoms with van der Waals surface area (Å²) in [5.74, 6) is 1.43. The van der Waals surface area contributed by atoms with Crippen LogP contribution in [0.15, 0.2) is 35.7 Å². The Balaban J connectivity index is 1.50. The van der Waals surface area contributed by atoms with Gasteiger partial charge < -0.3 is 23.8 Å². The van der Waals surface area contributed by atoms with Crippen LogP contribution in [-0.4, -0.2) is 57.0 Å². The molecule has 7 heteroatoms. The number of rotatable bonds is 9. The Hall–Kier alpha value is -2.09. The highest BCUT2D eigenvalue weighted by Gasteiger charge is 2.34. The third-order valence-corrected chi connectivity index (χ3v) is 6.40. The SMILES string of the molecule is COc1ccc(CN(C[C@@H]2CCCO2)C(=O)c2cccs2)cc1OCC1(C)COC1. The van der Waals surface area contributed by atoms with E-state index in [2.05, 4.69) is 6.92 Å². The molecule has 4 rings (SSSR count). The molecule has 6 nitrogen and oxygen atoms in total. The molecular weight excluding hydrogens is 402 g/mol. The van der Waals surface area contributed by atoms with Crippen molar-refractivity contribution in [1.29, 1.82) is 0 Å². The van der Waals surface area contributed by atoms with Crippen molar-refractivity contribution in [3.63, 3.8) is 0 Å². The van der Waals surface area contributed by atoms with Crippen molar-refractivity contribution in [1.82, 2.24) is 4.90 Å². The molecule has 1 aromatic heterocycles. The highest BCUT2D eigenvalue weighted by Crippen LogP contribution is 2.33. The lowest BCUT2D eigenvalue weighted by molar-refractivity contribution is -0.120. The minimum Gasteiger partial charge on any atom is -0.493 e. The van der Waals surface area contributed by atoms with Gasteiger partial charge in [0, 0.05) is 25.1 Å². The highest BCUT2D eigenvalue weighted by atomic mass is 32.1. The molecule has 0 radical (unpaired) electrons. The molecule has 30 heavy (non-hydrogen) atoms. The molecule has 1 amide bonds. The Morgan fingerprint density at radius 1 is 1.30 bits per heavy atom. The maximum atomic E-state index is 13.1. The molecule has 2 aromatic rings. The van der Waals surface area contributed by atoms with Gasteiger partial charge in [-0.05, 0) is 42.0 Å². The fourth-order valence-electron chi connectivity index (χ4n) is 3.75. The number of benzene rings is 1. The van der Waals surface area contributed by atoms with Gasteiger partial charge in [0.1, 0.15) is 0 Å². The average Bonchev–Trinajstić information content (AvgIpc) is 3.44. The van der Waals surface area contributed by atoms with Crippen LogP contribution in [0.5, 0.6) is 11.5 Å². The highest BCUT2D eigenvalue weighted by molar-refractivity contribution is 7.12. The van der Waals surface area contributed by atoms with Crippen LogP contribution in [0, 0.1) is 5.41 Å². The monoisotopic (exact) mass is 431 g/mol. The summed E-state index contributed by atoms with van der Waals surface area (Å²) < 4.78 is 22.7. The van der Waals surface area contributed by atoms with Crippen molar-refractivity contribution in [2.24, 2.45) is 5.41 Å². The Kier molecular flexibility index (Phi) is 6.61. The van der Waals surface area contributed by atoms with Crippen molar-refractivity contribution in [3.8, 4) is 11.5 Å². The zero-order chi connectivity index (χ0) is 21.0. The predicted molar refractivity (Wildman–Crippen MR) is 115 cm³/mol. The molecule has 162 valence electrons. The number of hydrogen-bond acceptors (Lipinski definition) is 6. The third kappa shape index (κ3) is 4.96. The van der Waals surface area contributed by atoms with Crippen molar-refractivity contribution >= 4 is 17.2 Å². The molecule has 0 unspecified atom stereocenters. The van der Waals surface area contributed by atoms with Gasteiger partial charge in [0.2, 0.25) is 0 Å². The summed E-state index contributed by atoms with van der Waals surface area (Å²) in [6, 6.07) is 9.66. The van der Waals surface area contributed by atoms with Crippen molar-refractivity contribution in [2.75, 3.05) is 40.1 Å². The Bertz CT molecular complexity index is 843. The molecule has 0 spiro atoms. The summed E-state index contributed by atoms with van der Waals surface area (Å²) >= 11 is 1.47. The lowest BCUT2D eigenvalue weighted by atomic mass is 9.90. The Morgan fingerprint density at radius 3 is 2.80 bits per heavy atom. The van der Waals surface area contributed by atoms with Gasteiger partial charge >= 0.3 is 0 Å². The first-order chi connectivity index (χ1) is 14.6. The number of carbonyl (C=O) groups is 1. The van der Waals surface area contributed by atoms with Gasteiger partial charge in [0.05, 0.1) is 37.9 Å². The summed E-state index contributed by atoms with van der Waals surface area (Å²) in [5, 5.41) is 1.93. The van der Waals surface area contributed by atoms with Crippen LogP contribution >= 0.6 is 11.3 Å². The van der Waals surface area contributed by atoms with Gasteiger partial charge in [-0.15, -0.1) is 11.3 Å². The number of methoxy groups -OCH3 is 1. The molecule has 1 aromatic carbocycles. The molecule has 2 aliphatic rings. The van der Waals surface area contributed by atoms with E-state index < -0.39 is 0 Å². The zero-order valence-corrected chi connectivity index (χ0v) is 18.4. The van der Waals surface area contributed by atoms with E-state index >= 15 is 0 Å². The minimum atomic E-state index is 0.0397. The number of hydrogen-bond donors (Lipinski definition) is 0. The van der Waals surface area contributed by atoms with Gasteiger partial charge in [-0.3, -0.25) is 4.79 Å². The minimum absolute atomic E-state index is 0.0397. The second kappa shape index (κ2) is 9.37. The molecule has 1 atom stereocenters. The van der Waals surface area contributed by atoms with Crippen molar-refractivity contribution in [3.05, 3.63) is 46.2 Å². The zero-order valence-electron chi connectivity index (χ0n) is 17.6. The van der Waals surface area contributed by atoms with E-state index in [0.29, 0.717) is 44.4 Å². The standard InChI is InChI=1S/C23H29NO5S/c1-23(14-27-15-23)16-29-20-11-17(7-8-19(20)26-2)12-24(13-18-5-3-9-28-18)22(25)21-6-4-10-30-21/h4,6-8,10-11,18H,3,5,9,12-16H2,1-2H3/t18-/m0/s1. The van der Waals surface area contributed by atoms with Crippen LogP contribution in [0.4, 0.5) is 0 Å². The van der Waals surface area contributed by atoms with Crippen LogP contribution in [0.1, 0.15) is 35.0 Å². The molecule has 2 fully saturated rings. The molecular formula is C23H29NO5S. The van der Waals surface area contributed by atoms with Gasteiger partial charge in [0.15, 0.2) is 11.5 Å². The maximum Gasteiger partial charge on any atom is 0.264 e. The first-order valence-corrected chi connectivity index (χ1v) is 11.3. The van der Waals surface area contributed by atoms with E-state index in [9.17, 15) is 4.79 Å². The molecule has 0 saturated carbocycles. The van der Waals surface area contributed by atoms with E-state index in [1.165, 1.54) is 11.3 Å². The first-order valence-electron chi connectivity index (χ1n) is 10.4. The smallest absolute Gasteiger partial charge is 0.264 e. The number of nitrogens with zero attached hydrogens (tertiary/aromatic N) is 1. The van der Waals surface area contributed by atoms with E-state index in [4.69, 9.17) is 18.9 Å². The summed E-state index contributed by atoms with van der Waals surface area (Å²) in [7, 11) is 1.64. The molecule has 2 aliphatic heterocycles. The number of thiophene rings is 1.